The van der Waals surface area contributed by atoms with Crippen LogP contribution in [-0.4, -0.2) is 38.5 Å². The van der Waals surface area contributed by atoms with Gasteiger partial charge in [-0.25, -0.2) is 8.42 Å². The molecule has 1 aromatic carbocycles. The molecule has 0 aliphatic carbocycles. The van der Waals surface area contributed by atoms with Crippen LogP contribution in [0.5, 0.6) is 0 Å². The fourth-order valence-electron chi connectivity index (χ4n) is 2.35. The number of nitrogens with one attached hydrogen (secondary N) is 1. The third-order valence-corrected chi connectivity index (χ3v) is 5.37. The van der Waals surface area contributed by atoms with Crippen LogP contribution >= 0.6 is 0 Å². The molecule has 7 heteroatoms. The summed E-state index contributed by atoms with van der Waals surface area (Å²) in [7, 11) is -3.42. The van der Waals surface area contributed by atoms with Gasteiger partial charge in [-0.2, -0.15) is 4.31 Å². The molecule has 2 rings (SSSR count). The highest BCUT2D eigenvalue weighted by Crippen LogP contribution is 2.23. The second kappa shape index (κ2) is 6.53. The first kappa shape index (κ1) is 15.2. The van der Waals surface area contributed by atoms with E-state index < -0.39 is 10.0 Å². The van der Waals surface area contributed by atoms with E-state index in [9.17, 15) is 8.42 Å². The summed E-state index contributed by atoms with van der Waals surface area (Å²) in [6.07, 6.45) is 1.67. The number of rotatable bonds is 5. The van der Waals surface area contributed by atoms with Crippen LogP contribution in [-0.2, 0) is 14.8 Å². The summed E-state index contributed by atoms with van der Waals surface area (Å²) in [5.41, 5.74) is 3.16. The van der Waals surface area contributed by atoms with E-state index in [4.69, 9.17) is 10.6 Å². The lowest BCUT2D eigenvalue weighted by Crippen LogP contribution is -2.40. The molecule has 1 fully saturated rings. The number of nitrogens with two attached hydrogens (primary N) is 1. The zero-order valence-electron chi connectivity index (χ0n) is 11.6. The molecule has 3 N–H and O–H groups in total. The average molecular weight is 299 g/mol. The standard InChI is InChI=1S/C13H21N3O3S/c1-2-19-12-7-9-16(10-8-12)20(17,18)13-5-3-11(15-14)4-6-13/h3-6,12,15H,2,7-10,14H2,1H3. The monoisotopic (exact) mass is 299 g/mol. The molecule has 6 nitrogen and oxygen atoms in total. The van der Waals surface area contributed by atoms with Gasteiger partial charge in [0.05, 0.1) is 11.0 Å². The molecule has 1 saturated heterocycles. The Morgan fingerprint density at radius 3 is 2.40 bits per heavy atom. The smallest absolute Gasteiger partial charge is 0.243 e. The molecule has 1 heterocycles. The molecule has 20 heavy (non-hydrogen) atoms. The van der Waals surface area contributed by atoms with Crippen molar-refractivity contribution in [3.63, 3.8) is 0 Å². The number of ether oxygens (including phenoxy) is 1. The van der Waals surface area contributed by atoms with E-state index in [1.165, 1.54) is 4.31 Å². The van der Waals surface area contributed by atoms with Crippen molar-refractivity contribution in [1.82, 2.24) is 4.31 Å². The van der Waals surface area contributed by atoms with Crippen LogP contribution in [0.15, 0.2) is 29.2 Å². The molecule has 0 saturated carbocycles. The van der Waals surface area contributed by atoms with Gasteiger partial charge in [0.15, 0.2) is 0 Å². The lowest BCUT2D eigenvalue weighted by atomic mass is 10.1. The van der Waals surface area contributed by atoms with E-state index in [2.05, 4.69) is 5.43 Å². The maximum absolute atomic E-state index is 12.5. The van der Waals surface area contributed by atoms with Crippen LogP contribution in [0.4, 0.5) is 5.69 Å². The number of anilines is 1. The van der Waals surface area contributed by atoms with Gasteiger partial charge in [0.1, 0.15) is 0 Å². The van der Waals surface area contributed by atoms with Crippen molar-refractivity contribution in [3.05, 3.63) is 24.3 Å². The van der Waals surface area contributed by atoms with E-state index in [0.29, 0.717) is 30.3 Å². The molecule has 0 radical (unpaired) electrons. The first-order valence-electron chi connectivity index (χ1n) is 6.76. The van der Waals surface area contributed by atoms with Crippen LogP contribution < -0.4 is 11.3 Å². The summed E-state index contributed by atoms with van der Waals surface area (Å²) in [5, 5.41) is 0. The molecule has 0 amide bonds. The summed E-state index contributed by atoms with van der Waals surface area (Å²) < 4.78 is 32.0. The molecule has 0 bridgehead atoms. The fourth-order valence-corrected chi connectivity index (χ4v) is 3.82. The van der Waals surface area contributed by atoms with Gasteiger partial charge in [-0.05, 0) is 44.0 Å². The van der Waals surface area contributed by atoms with Crippen LogP contribution in [0, 0.1) is 0 Å². The molecule has 1 aliphatic heterocycles. The van der Waals surface area contributed by atoms with Crippen LogP contribution in [0.2, 0.25) is 0 Å². The van der Waals surface area contributed by atoms with Gasteiger partial charge >= 0.3 is 0 Å². The van der Waals surface area contributed by atoms with Crippen molar-refractivity contribution in [2.75, 3.05) is 25.1 Å². The number of sulfonamides is 1. The highest BCUT2D eigenvalue weighted by molar-refractivity contribution is 7.89. The largest absolute Gasteiger partial charge is 0.378 e. The summed E-state index contributed by atoms with van der Waals surface area (Å²) in [6.45, 7) is 3.63. The molecule has 0 spiro atoms. The molecule has 0 aromatic heterocycles. The zero-order chi connectivity index (χ0) is 14.6. The van der Waals surface area contributed by atoms with Crippen molar-refractivity contribution < 1.29 is 13.2 Å². The SMILES string of the molecule is CCOC1CCN(S(=O)(=O)c2ccc(NN)cc2)CC1. The number of benzene rings is 1. The summed E-state index contributed by atoms with van der Waals surface area (Å²) in [4.78, 5) is 0.298. The Bertz CT molecular complexity index is 522. The number of nitrogen functional groups attached to an aromatic ring is 1. The van der Waals surface area contributed by atoms with Gasteiger partial charge < -0.3 is 10.2 Å². The van der Waals surface area contributed by atoms with Crippen LogP contribution in [0.25, 0.3) is 0 Å². The Balaban J connectivity index is 2.07. The third kappa shape index (κ3) is 3.29. The summed E-state index contributed by atoms with van der Waals surface area (Å²) in [6, 6.07) is 6.44. The van der Waals surface area contributed by atoms with Gasteiger partial charge in [-0.1, -0.05) is 0 Å². The minimum Gasteiger partial charge on any atom is -0.378 e. The summed E-state index contributed by atoms with van der Waals surface area (Å²) >= 11 is 0. The maximum Gasteiger partial charge on any atom is 0.243 e. The minimum absolute atomic E-state index is 0.176. The second-order valence-electron chi connectivity index (χ2n) is 4.73. The topological polar surface area (TPSA) is 84.7 Å². The second-order valence-corrected chi connectivity index (χ2v) is 6.67. The van der Waals surface area contributed by atoms with Crippen molar-refractivity contribution >= 4 is 15.7 Å². The van der Waals surface area contributed by atoms with Crippen molar-refractivity contribution in [3.8, 4) is 0 Å². The normalized spacial score (nSPS) is 18.1. The Morgan fingerprint density at radius 2 is 1.90 bits per heavy atom. The third-order valence-electron chi connectivity index (χ3n) is 3.46. The maximum atomic E-state index is 12.5. The quantitative estimate of drug-likeness (QED) is 0.629. The van der Waals surface area contributed by atoms with Crippen molar-refractivity contribution in [1.29, 1.82) is 0 Å². The molecule has 112 valence electrons. The number of hydrogen-bond donors (Lipinski definition) is 2. The lowest BCUT2D eigenvalue weighted by molar-refractivity contribution is 0.0290. The van der Waals surface area contributed by atoms with Crippen LogP contribution in [0.1, 0.15) is 19.8 Å². The first-order valence-corrected chi connectivity index (χ1v) is 8.20. The summed E-state index contributed by atoms with van der Waals surface area (Å²) in [5.74, 6) is 5.27. The molecule has 0 atom stereocenters. The van der Waals surface area contributed by atoms with E-state index in [1.54, 1.807) is 24.3 Å². The van der Waals surface area contributed by atoms with E-state index in [1.807, 2.05) is 6.92 Å². The number of hydrogen-bond acceptors (Lipinski definition) is 5. The zero-order valence-corrected chi connectivity index (χ0v) is 12.4. The van der Waals surface area contributed by atoms with Gasteiger partial charge in [0.2, 0.25) is 10.0 Å². The number of piperidine rings is 1. The molecular formula is C13H21N3O3S. The predicted molar refractivity (Wildman–Crippen MR) is 77.7 cm³/mol. The molecule has 1 aromatic rings. The van der Waals surface area contributed by atoms with Crippen molar-refractivity contribution in [2.24, 2.45) is 5.84 Å². The van der Waals surface area contributed by atoms with Crippen molar-refractivity contribution in [2.45, 2.75) is 30.8 Å². The fraction of sp³-hybridized carbons (Fsp3) is 0.538. The van der Waals surface area contributed by atoms with Crippen LogP contribution in [0.3, 0.4) is 0 Å². The Labute approximate surface area is 119 Å². The van der Waals surface area contributed by atoms with Gasteiger partial charge in [0, 0.05) is 25.4 Å². The molecular weight excluding hydrogens is 278 g/mol. The molecule has 1 aliphatic rings. The Hall–Kier alpha value is -1.15. The number of hydrazine groups is 1. The Morgan fingerprint density at radius 1 is 1.30 bits per heavy atom. The minimum atomic E-state index is -3.42. The van der Waals surface area contributed by atoms with E-state index >= 15 is 0 Å². The van der Waals surface area contributed by atoms with Gasteiger partial charge in [0.25, 0.3) is 0 Å². The predicted octanol–water partition coefficient (Wildman–Crippen LogP) is 1.16. The first-order chi connectivity index (χ1) is 9.57. The molecule has 0 unspecified atom stereocenters. The Kier molecular flexibility index (Phi) is 4.98. The van der Waals surface area contributed by atoms with E-state index in [-0.39, 0.29) is 6.10 Å². The van der Waals surface area contributed by atoms with E-state index in [0.717, 1.165) is 12.8 Å². The highest BCUT2D eigenvalue weighted by Gasteiger charge is 2.29. The number of nitrogens with zero attached hydrogens (tertiary/aromatic N) is 1. The van der Waals surface area contributed by atoms with Gasteiger partial charge in [-0.3, -0.25) is 5.84 Å². The lowest BCUT2D eigenvalue weighted by Gasteiger charge is -2.31. The highest BCUT2D eigenvalue weighted by atomic mass is 32.2. The average Bonchev–Trinajstić information content (AvgIpc) is 2.48. The van der Waals surface area contributed by atoms with Gasteiger partial charge in [-0.15, -0.1) is 0 Å².